The van der Waals surface area contributed by atoms with Gasteiger partial charge >= 0.3 is 0 Å². The van der Waals surface area contributed by atoms with Gasteiger partial charge in [-0.05, 0) is 49.2 Å². The predicted molar refractivity (Wildman–Crippen MR) is 107 cm³/mol. The number of ether oxygens (including phenoxy) is 2. The average molecular weight is 399 g/mol. The molecule has 0 saturated carbocycles. The molecule has 0 bridgehead atoms. The molecular formula is C20H21N3O4S. The summed E-state index contributed by atoms with van der Waals surface area (Å²) >= 11 is 1.17. The summed E-state index contributed by atoms with van der Waals surface area (Å²) in [5.74, 6) is 1.75. The first-order valence-electron chi connectivity index (χ1n) is 8.62. The highest BCUT2D eigenvalue weighted by molar-refractivity contribution is 7.99. The van der Waals surface area contributed by atoms with Crippen molar-refractivity contribution < 1.29 is 18.7 Å². The van der Waals surface area contributed by atoms with Crippen molar-refractivity contribution in [1.29, 1.82) is 0 Å². The standard InChI is InChI=1S/C20H21N3O4S/c1-13-7-8-17(9-14(13)2)26-11-19-22-23-20(27-19)28-12-18(24)21-15-5-4-6-16(10-15)25-3/h4-10H,11-12H2,1-3H3,(H,21,24). The number of nitrogens with one attached hydrogen (secondary N) is 1. The van der Waals surface area contributed by atoms with Crippen LogP contribution in [0.1, 0.15) is 17.0 Å². The number of anilines is 1. The van der Waals surface area contributed by atoms with Crippen LogP contribution >= 0.6 is 11.8 Å². The Bertz CT molecular complexity index is 958. The van der Waals surface area contributed by atoms with Gasteiger partial charge in [0.15, 0.2) is 6.61 Å². The van der Waals surface area contributed by atoms with Crippen molar-refractivity contribution in [1.82, 2.24) is 10.2 Å². The zero-order chi connectivity index (χ0) is 19.9. The molecule has 3 aromatic rings. The summed E-state index contributed by atoms with van der Waals surface area (Å²) in [5.41, 5.74) is 3.02. The molecule has 0 aliphatic heterocycles. The summed E-state index contributed by atoms with van der Waals surface area (Å²) in [6, 6.07) is 13.0. The van der Waals surface area contributed by atoms with Crippen LogP contribution in [0.4, 0.5) is 5.69 Å². The molecule has 28 heavy (non-hydrogen) atoms. The molecule has 0 saturated heterocycles. The molecule has 8 heteroatoms. The molecule has 0 unspecified atom stereocenters. The van der Waals surface area contributed by atoms with E-state index in [-0.39, 0.29) is 18.3 Å². The summed E-state index contributed by atoms with van der Waals surface area (Å²) < 4.78 is 16.3. The molecule has 1 aromatic heterocycles. The quantitative estimate of drug-likeness (QED) is 0.573. The minimum atomic E-state index is -0.176. The van der Waals surface area contributed by atoms with Gasteiger partial charge in [0.1, 0.15) is 11.5 Å². The lowest BCUT2D eigenvalue weighted by molar-refractivity contribution is -0.113. The van der Waals surface area contributed by atoms with E-state index in [2.05, 4.69) is 15.5 Å². The van der Waals surface area contributed by atoms with Crippen molar-refractivity contribution in [2.24, 2.45) is 0 Å². The molecule has 0 aliphatic carbocycles. The number of rotatable bonds is 8. The number of methoxy groups -OCH3 is 1. The van der Waals surface area contributed by atoms with E-state index in [9.17, 15) is 4.79 Å². The molecule has 1 amide bonds. The number of amides is 1. The molecule has 0 spiro atoms. The highest BCUT2D eigenvalue weighted by Crippen LogP contribution is 2.21. The van der Waals surface area contributed by atoms with Crippen molar-refractivity contribution in [3.63, 3.8) is 0 Å². The Labute approximate surface area is 167 Å². The first-order valence-corrected chi connectivity index (χ1v) is 9.61. The Balaban J connectivity index is 1.47. The predicted octanol–water partition coefficient (Wildman–Crippen LogP) is 4.00. The summed E-state index contributed by atoms with van der Waals surface area (Å²) in [6.07, 6.45) is 0. The topological polar surface area (TPSA) is 86.5 Å². The van der Waals surface area contributed by atoms with Crippen LogP contribution in [0, 0.1) is 13.8 Å². The number of nitrogens with zero attached hydrogens (tertiary/aromatic N) is 2. The van der Waals surface area contributed by atoms with Crippen molar-refractivity contribution in [3.8, 4) is 11.5 Å². The molecule has 7 nitrogen and oxygen atoms in total. The van der Waals surface area contributed by atoms with E-state index >= 15 is 0 Å². The van der Waals surface area contributed by atoms with E-state index in [1.165, 1.54) is 17.3 Å². The van der Waals surface area contributed by atoms with Crippen molar-refractivity contribution in [2.45, 2.75) is 25.7 Å². The number of aromatic nitrogens is 2. The number of hydrogen-bond donors (Lipinski definition) is 1. The molecule has 0 fully saturated rings. The summed E-state index contributed by atoms with van der Waals surface area (Å²) in [4.78, 5) is 12.1. The average Bonchev–Trinajstić information content (AvgIpc) is 3.15. The lowest BCUT2D eigenvalue weighted by Crippen LogP contribution is -2.13. The lowest BCUT2D eigenvalue weighted by Gasteiger charge is -2.06. The maximum atomic E-state index is 12.1. The van der Waals surface area contributed by atoms with Gasteiger partial charge in [-0.3, -0.25) is 4.79 Å². The van der Waals surface area contributed by atoms with Gasteiger partial charge in [-0.15, -0.1) is 10.2 Å². The third kappa shape index (κ3) is 5.50. The van der Waals surface area contributed by atoms with Crippen molar-refractivity contribution in [3.05, 3.63) is 59.5 Å². The Kier molecular flexibility index (Phi) is 6.54. The van der Waals surface area contributed by atoms with E-state index in [0.717, 1.165) is 11.3 Å². The van der Waals surface area contributed by atoms with Crippen molar-refractivity contribution in [2.75, 3.05) is 18.2 Å². The Hall–Kier alpha value is -3.00. The van der Waals surface area contributed by atoms with Crippen LogP contribution in [-0.2, 0) is 11.4 Å². The number of benzene rings is 2. The molecule has 0 aliphatic rings. The Morgan fingerprint density at radius 1 is 1.11 bits per heavy atom. The molecular weight excluding hydrogens is 378 g/mol. The maximum Gasteiger partial charge on any atom is 0.277 e. The highest BCUT2D eigenvalue weighted by Gasteiger charge is 2.11. The first-order chi connectivity index (χ1) is 13.5. The second-order valence-electron chi connectivity index (χ2n) is 6.07. The van der Waals surface area contributed by atoms with Crippen LogP contribution in [0.15, 0.2) is 52.1 Å². The van der Waals surface area contributed by atoms with Crippen LogP contribution in [0.25, 0.3) is 0 Å². The minimum absolute atomic E-state index is 0.150. The SMILES string of the molecule is COc1cccc(NC(=O)CSc2nnc(COc3ccc(C)c(C)c3)o2)c1. The van der Waals surface area contributed by atoms with Gasteiger partial charge in [0.2, 0.25) is 5.91 Å². The van der Waals surface area contributed by atoms with Crippen LogP contribution in [-0.4, -0.2) is 29.0 Å². The minimum Gasteiger partial charge on any atom is -0.497 e. The second-order valence-corrected chi connectivity index (χ2v) is 6.99. The second kappa shape index (κ2) is 9.27. The van der Waals surface area contributed by atoms with E-state index in [1.807, 2.05) is 38.1 Å². The number of aryl methyl sites for hydroxylation is 2. The van der Waals surface area contributed by atoms with Crippen LogP contribution in [0.5, 0.6) is 11.5 Å². The van der Waals surface area contributed by atoms with Gasteiger partial charge in [-0.1, -0.05) is 23.9 Å². The van der Waals surface area contributed by atoms with Crippen LogP contribution in [0.2, 0.25) is 0 Å². The summed E-state index contributed by atoms with van der Waals surface area (Å²) in [5, 5.41) is 11.0. The molecule has 2 aromatic carbocycles. The fourth-order valence-corrected chi connectivity index (χ4v) is 2.91. The monoisotopic (exact) mass is 399 g/mol. The number of carbonyl (C=O) groups is 1. The highest BCUT2D eigenvalue weighted by atomic mass is 32.2. The van der Waals surface area contributed by atoms with Gasteiger partial charge in [0.25, 0.3) is 11.1 Å². The zero-order valence-electron chi connectivity index (χ0n) is 15.9. The van der Waals surface area contributed by atoms with E-state index in [4.69, 9.17) is 13.9 Å². The molecule has 1 N–H and O–H groups in total. The fraction of sp³-hybridized carbons (Fsp3) is 0.250. The largest absolute Gasteiger partial charge is 0.497 e. The van der Waals surface area contributed by atoms with E-state index in [0.29, 0.717) is 22.6 Å². The first kappa shape index (κ1) is 19.8. The lowest BCUT2D eigenvalue weighted by atomic mass is 10.1. The third-order valence-electron chi connectivity index (χ3n) is 3.97. The van der Waals surface area contributed by atoms with Gasteiger partial charge in [0, 0.05) is 11.8 Å². The molecule has 0 atom stereocenters. The zero-order valence-corrected chi connectivity index (χ0v) is 16.7. The molecule has 1 heterocycles. The smallest absolute Gasteiger partial charge is 0.277 e. The summed E-state index contributed by atoms with van der Waals surface area (Å²) in [6.45, 7) is 4.25. The van der Waals surface area contributed by atoms with Gasteiger partial charge in [-0.25, -0.2) is 0 Å². The molecule has 0 radical (unpaired) electrons. The van der Waals surface area contributed by atoms with Gasteiger partial charge in [0.05, 0.1) is 12.9 Å². The van der Waals surface area contributed by atoms with E-state index in [1.54, 1.807) is 25.3 Å². The molecule has 146 valence electrons. The van der Waals surface area contributed by atoms with Crippen LogP contribution < -0.4 is 14.8 Å². The maximum absolute atomic E-state index is 12.1. The van der Waals surface area contributed by atoms with Gasteiger partial charge in [-0.2, -0.15) is 0 Å². The third-order valence-corrected chi connectivity index (χ3v) is 4.79. The van der Waals surface area contributed by atoms with E-state index < -0.39 is 0 Å². The van der Waals surface area contributed by atoms with Gasteiger partial charge < -0.3 is 19.2 Å². The normalized spacial score (nSPS) is 10.5. The number of thioether (sulfide) groups is 1. The summed E-state index contributed by atoms with van der Waals surface area (Å²) in [7, 11) is 1.58. The van der Waals surface area contributed by atoms with Crippen LogP contribution in [0.3, 0.4) is 0 Å². The molecule has 3 rings (SSSR count). The Morgan fingerprint density at radius 3 is 2.75 bits per heavy atom. The number of hydrogen-bond acceptors (Lipinski definition) is 7. The fourth-order valence-electron chi connectivity index (χ4n) is 2.33. The Morgan fingerprint density at radius 2 is 1.96 bits per heavy atom. The number of carbonyl (C=O) groups excluding carboxylic acids is 1. The van der Waals surface area contributed by atoms with Crippen molar-refractivity contribution >= 4 is 23.4 Å².